The summed E-state index contributed by atoms with van der Waals surface area (Å²) in [4.78, 5) is 28.5. The van der Waals surface area contributed by atoms with E-state index < -0.39 is 5.54 Å². The van der Waals surface area contributed by atoms with Gasteiger partial charge in [-0.25, -0.2) is 14.2 Å². The number of amides is 3. The van der Waals surface area contributed by atoms with Gasteiger partial charge >= 0.3 is 6.03 Å². The number of aryl methyl sites for hydroxylation is 1. The maximum absolute atomic E-state index is 13.5. The first kappa shape index (κ1) is 21.4. The van der Waals surface area contributed by atoms with Gasteiger partial charge in [-0.1, -0.05) is 0 Å². The topological polar surface area (TPSA) is 113 Å². The van der Waals surface area contributed by atoms with E-state index in [-0.39, 0.29) is 35.3 Å². The average molecular weight is 474 g/mol. The van der Waals surface area contributed by atoms with Crippen molar-refractivity contribution in [2.45, 2.75) is 37.6 Å². The van der Waals surface area contributed by atoms with Crippen LogP contribution in [-0.4, -0.2) is 27.6 Å². The summed E-state index contributed by atoms with van der Waals surface area (Å²) in [7, 11) is 0. The molecule has 0 saturated heterocycles. The predicted octanol–water partition coefficient (Wildman–Crippen LogP) is 4.59. The van der Waals surface area contributed by atoms with E-state index in [9.17, 15) is 19.1 Å². The fourth-order valence-corrected chi connectivity index (χ4v) is 5.04. The molecular weight excluding hydrogens is 451 g/mol. The number of benzene rings is 2. The number of anilines is 2. The van der Waals surface area contributed by atoms with Crippen LogP contribution in [0.1, 0.15) is 35.4 Å². The molecule has 3 aliphatic rings. The Bertz CT molecular complexity index is 1390. The first-order chi connectivity index (χ1) is 16.8. The van der Waals surface area contributed by atoms with Crippen molar-refractivity contribution < 1.29 is 23.8 Å². The first-order valence-corrected chi connectivity index (χ1v) is 11.5. The molecular formula is C26H23FN4O4. The number of hydrogen-bond donors (Lipinski definition) is 4. The lowest BCUT2D eigenvalue weighted by Crippen LogP contribution is -2.36. The molecule has 2 heterocycles. The van der Waals surface area contributed by atoms with E-state index in [1.807, 2.05) is 0 Å². The van der Waals surface area contributed by atoms with Crippen LogP contribution in [0.3, 0.4) is 0 Å². The van der Waals surface area contributed by atoms with Crippen molar-refractivity contribution >= 4 is 23.4 Å². The number of carbonyl (C=O) groups is 2. The molecule has 178 valence electrons. The van der Waals surface area contributed by atoms with Crippen LogP contribution in [0, 0.1) is 18.7 Å². The van der Waals surface area contributed by atoms with Gasteiger partial charge in [0.25, 0.3) is 0 Å². The number of halogens is 1. The minimum absolute atomic E-state index is 0.0163. The minimum Gasteiger partial charge on any atom is -0.508 e. The standard InChI is InChI=1S/C26H23FN4O4/c1-13-10-14(2-5-19(13)27)29-25(34)31-26-12-18(26)23(26)17-11-15(3-6-20(17)32)35-21-8-9-28-24-16(21)4-7-22(33)30-24/h2-3,5-6,8-11,18,23,32H,4,7,12H2,1H3,(H,28,30,33)(H2,29,31,34)/t18-,23+,26-/m0/s1. The predicted molar refractivity (Wildman–Crippen MR) is 126 cm³/mol. The molecule has 4 N–H and O–H groups in total. The molecule has 2 fully saturated rings. The second-order valence-electron chi connectivity index (χ2n) is 9.38. The van der Waals surface area contributed by atoms with Crippen LogP contribution < -0.4 is 20.7 Å². The van der Waals surface area contributed by atoms with E-state index in [0.29, 0.717) is 47.0 Å². The van der Waals surface area contributed by atoms with Gasteiger partial charge in [0.15, 0.2) is 0 Å². The molecule has 0 radical (unpaired) electrons. The van der Waals surface area contributed by atoms with Crippen molar-refractivity contribution in [3.63, 3.8) is 0 Å². The van der Waals surface area contributed by atoms with Crippen LogP contribution in [0.25, 0.3) is 0 Å². The third-order valence-electron chi connectivity index (χ3n) is 7.10. The zero-order valence-corrected chi connectivity index (χ0v) is 18.9. The highest BCUT2D eigenvalue weighted by atomic mass is 19.1. The van der Waals surface area contributed by atoms with Gasteiger partial charge in [-0.15, -0.1) is 0 Å². The van der Waals surface area contributed by atoms with E-state index in [2.05, 4.69) is 20.9 Å². The quantitative estimate of drug-likeness (QED) is 0.432. The van der Waals surface area contributed by atoms with Crippen molar-refractivity contribution in [2.24, 2.45) is 5.92 Å². The monoisotopic (exact) mass is 474 g/mol. The number of hydrogen-bond acceptors (Lipinski definition) is 5. The van der Waals surface area contributed by atoms with Crippen LogP contribution in [0.4, 0.5) is 20.7 Å². The molecule has 0 unspecified atom stereocenters. The highest BCUT2D eigenvalue weighted by Gasteiger charge is 2.80. The Morgan fingerprint density at radius 1 is 1.23 bits per heavy atom. The molecule has 0 bridgehead atoms. The van der Waals surface area contributed by atoms with Crippen molar-refractivity contribution in [1.29, 1.82) is 0 Å². The molecule has 1 aliphatic heterocycles. The van der Waals surface area contributed by atoms with Crippen LogP contribution in [0.2, 0.25) is 0 Å². The number of phenolic OH excluding ortho intramolecular Hbond substituents is 1. The highest BCUT2D eigenvalue weighted by molar-refractivity contribution is 5.93. The summed E-state index contributed by atoms with van der Waals surface area (Å²) in [5, 5.41) is 19.1. The summed E-state index contributed by atoms with van der Waals surface area (Å²) in [6.07, 6.45) is 3.32. The summed E-state index contributed by atoms with van der Waals surface area (Å²) >= 11 is 0. The van der Waals surface area contributed by atoms with Crippen molar-refractivity contribution in [3.05, 3.63) is 71.2 Å². The minimum atomic E-state index is -0.393. The Morgan fingerprint density at radius 2 is 2.09 bits per heavy atom. The number of nitrogens with zero attached hydrogens (tertiary/aromatic N) is 1. The second kappa shape index (κ2) is 7.69. The number of urea groups is 1. The van der Waals surface area contributed by atoms with E-state index in [0.717, 1.165) is 12.0 Å². The van der Waals surface area contributed by atoms with E-state index >= 15 is 0 Å². The molecule has 3 atom stereocenters. The van der Waals surface area contributed by atoms with Crippen LogP contribution in [-0.2, 0) is 11.2 Å². The van der Waals surface area contributed by atoms with Gasteiger partial charge < -0.3 is 25.8 Å². The number of aromatic hydroxyl groups is 1. The third kappa shape index (κ3) is 3.73. The van der Waals surface area contributed by atoms with Crippen LogP contribution in [0.5, 0.6) is 17.2 Å². The Morgan fingerprint density at radius 3 is 2.89 bits per heavy atom. The van der Waals surface area contributed by atoms with Gasteiger partial charge in [0.1, 0.15) is 28.9 Å². The number of aromatic nitrogens is 1. The van der Waals surface area contributed by atoms with E-state index in [1.165, 1.54) is 12.1 Å². The molecule has 35 heavy (non-hydrogen) atoms. The lowest BCUT2D eigenvalue weighted by Gasteiger charge is -2.20. The summed E-state index contributed by atoms with van der Waals surface area (Å²) < 4.78 is 19.6. The van der Waals surface area contributed by atoms with Gasteiger partial charge in [-0.3, -0.25) is 4.79 Å². The van der Waals surface area contributed by atoms with E-state index in [4.69, 9.17) is 4.74 Å². The SMILES string of the molecule is Cc1cc(NC(=O)N[C@@]23C[C@H]2[C@H]3c2cc(Oc3ccnc4c3CCC(=O)N4)ccc2O)ccc1F. The van der Waals surface area contributed by atoms with Gasteiger partial charge in [-0.2, -0.15) is 0 Å². The summed E-state index contributed by atoms with van der Waals surface area (Å²) in [6, 6.07) is 10.9. The van der Waals surface area contributed by atoms with Crippen molar-refractivity contribution in [1.82, 2.24) is 10.3 Å². The van der Waals surface area contributed by atoms with E-state index in [1.54, 1.807) is 43.5 Å². The molecule has 2 aromatic carbocycles. The zero-order chi connectivity index (χ0) is 24.3. The normalized spacial score (nSPS) is 23.4. The largest absolute Gasteiger partial charge is 0.508 e. The fraction of sp³-hybridized carbons (Fsp3) is 0.269. The average Bonchev–Trinajstić information content (AvgIpc) is 3.68. The number of ether oxygens (including phenoxy) is 1. The van der Waals surface area contributed by atoms with Gasteiger partial charge in [-0.05, 0) is 73.7 Å². The number of phenols is 1. The number of fused-ring (bicyclic) bond motifs is 2. The Kier molecular flexibility index (Phi) is 4.70. The van der Waals surface area contributed by atoms with Crippen molar-refractivity contribution in [2.75, 3.05) is 10.6 Å². The number of nitrogens with one attached hydrogen (secondary N) is 3. The molecule has 3 amide bonds. The summed E-state index contributed by atoms with van der Waals surface area (Å²) in [6.45, 7) is 1.64. The molecule has 1 aromatic heterocycles. The summed E-state index contributed by atoms with van der Waals surface area (Å²) in [5.74, 6) is 1.64. The Hall–Kier alpha value is -4.14. The molecule has 3 aromatic rings. The van der Waals surface area contributed by atoms with Gasteiger partial charge in [0.2, 0.25) is 5.91 Å². The molecule has 9 heteroatoms. The molecule has 2 aliphatic carbocycles. The molecule has 0 spiro atoms. The third-order valence-corrected chi connectivity index (χ3v) is 7.10. The maximum Gasteiger partial charge on any atom is 0.319 e. The zero-order valence-electron chi connectivity index (χ0n) is 18.9. The first-order valence-electron chi connectivity index (χ1n) is 11.5. The Labute approximate surface area is 200 Å². The van der Waals surface area contributed by atoms with Crippen LogP contribution >= 0.6 is 0 Å². The number of pyridine rings is 1. The smallest absolute Gasteiger partial charge is 0.319 e. The summed E-state index contributed by atoms with van der Waals surface area (Å²) in [5.41, 5.74) is 2.13. The Balaban J connectivity index is 1.17. The number of rotatable bonds is 5. The highest BCUT2D eigenvalue weighted by Crippen LogP contribution is 2.77. The molecule has 6 rings (SSSR count). The second-order valence-corrected chi connectivity index (χ2v) is 9.38. The number of carbonyl (C=O) groups excluding carboxylic acids is 2. The van der Waals surface area contributed by atoms with Gasteiger partial charge in [0.05, 0.1) is 5.54 Å². The lowest BCUT2D eigenvalue weighted by molar-refractivity contribution is -0.116. The van der Waals surface area contributed by atoms with Gasteiger partial charge in [0, 0.05) is 35.3 Å². The molecule has 8 nitrogen and oxygen atoms in total. The molecule has 2 saturated carbocycles. The fourth-order valence-electron chi connectivity index (χ4n) is 5.04. The van der Waals surface area contributed by atoms with Crippen molar-refractivity contribution in [3.8, 4) is 17.2 Å². The lowest BCUT2D eigenvalue weighted by atomic mass is 9.99. The maximum atomic E-state index is 13.5. The van der Waals surface area contributed by atoms with Crippen LogP contribution in [0.15, 0.2) is 48.7 Å².